The summed E-state index contributed by atoms with van der Waals surface area (Å²) in [6.07, 6.45) is 0. The average Bonchev–Trinajstić information content (AvgIpc) is 2.44. The van der Waals surface area contributed by atoms with Crippen LogP contribution < -0.4 is 10.6 Å². The van der Waals surface area contributed by atoms with Crippen molar-refractivity contribution in [3.8, 4) is 0 Å². The molecule has 1 aromatic heterocycles. The molecule has 0 amide bonds. The van der Waals surface area contributed by atoms with Gasteiger partial charge < -0.3 is 10.6 Å². The average molecular weight is 312 g/mol. The van der Waals surface area contributed by atoms with Crippen molar-refractivity contribution in [2.75, 3.05) is 17.2 Å². The van der Waals surface area contributed by atoms with Crippen molar-refractivity contribution in [1.29, 1.82) is 0 Å². The van der Waals surface area contributed by atoms with Gasteiger partial charge in [-0.3, -0.25) is 0 Å². The van der Waals surface area contributed by atoms with E-state index in [-0.39, 0.29) is 5.41 Å². The third-order valence-electron chi connectivity index (χ3n) is 3.55. The summed E-state index contributed by atoms with van der Waals surface area (Å²) in [6.45, 7) is 13.8. The van der Waals surface area contributed by atoms with Gasteiger partial charge in [-0.25, -0.2) is 9.97 Å². The fraction of sp³-hybridized carbons (Fsp3) is 0.474. The molecule has 2 N–H and O–H groups in total. The fourth-order valence-corrected chi connectivity index (χ4v) is 2.23. The van der Waals surface area contributed by atoms with Crippen LogP contribution in [0.3, 0.4) is 0 Å². The molecule has 0 spiro atoms. The lowest BCUT2D eigenvalue weighted by molar-refractivity contribution is 0.590. The van der Waals surface area contributed by atoms with Crippen molar-refractivity contribution in [2.24, 2.45) is 5.92 Å². The highest BCUT2D eigenvalue weighted by atomic mass is 15.1. The predicted octanol–water partition coefficient (Wildman–Crippen LogP) is 4.89. The fourth-order valence-electron chi connectivity index (χ4n) is 2.23. The third-order valence-corrected chi connectivity index (χ3v) is 3.55. The quantitative estimate of drug-likeness (QED) is 0.825. The van der Waals surface area contributed by atoms with Gasteiger partial charge >= 0.3 is 0 Å². The number of anilines is 3. The second-order valence-electron chi connectivity index (χ2n) is 7.41. The van der Waals surface area contributed by atoms with E-state index in [1.165, 1.54) is 5.56 Å². The van der Waals surface area contributed by atoms with Crippen LogP contribution in [-0.4, -0.2) is 16.5 Å². The molecule has 2 aromatic rings. The molecule has 4 heteroatoms. The van der Waals surface area contributed by atoms with Crippen LogP contribution in [0.4, 0.5) is 17.3 Å². The lowest BCUT2D eigenvalue weighted by Crippen LogP contribution is -2.11. The van der Waals surface area contributed by atoms with E-state index in [0.29, 0.717) is 5.92 Å². The zero-order valence-electron chi connectivity index (χ0n) is 15.1. The summed E-state index contributed by atoms with van der Waals surface area (Å²) >= 11 is 0. The summed E-state index contributed by atoms with van der Waals surface area (Å²) in [7, 11) is 0. The van der Waals surface area contributed by atoms with E-state index in [9.17, 15) is 0 Å². The van der Waals surface area contributed by atoms with Crippen LogP contribution in [0.5, 0.6) is 0 Å². The number of nitrogens with zero attached hydrogens (tertiary/aromatic N) is 2. The summed E-state index contributed by atoms with van der Waals surface area (Å²) in [5, 5.41) is 6.71. The third kappa shape index (κ3) is 5.23. The van der Waals surface area contributed by atoms with E-state index in [1.807, 2.05) is 13.0 Å². The molecule has 0 saturated heterocycles. The van der Waals surface area contributed by atoms with Crippen molar-refractivity contribution in [3.05, 3.63) is 41.7 Å². The molecule has 0 aliphatic rings. The largest absolute Gasteiger partial charge is 0.370 e. The van der Waals surface area contributed by atoms with Crippen molar-refractivity contribution in [1.82, 2.24) is 9.97 Å². The molecule has 0 atom stereocenters. The topological polar surface area (TPSA) is 49.8 Å². The van der Waals surface area contributed by atoms with Gasteiger partial charge in [0.2, 0.25) is 0 Å². The van der Waals surface area contributed by atoms with Crippen LogP contribution in [0.1, 0.15) is 46.0 Å². The molecule has 0 bridgehead atoms. The first-order valence-electron chi connectivity index (χ1n) is 8.21. The van der Waals surface area contributed by atoms with Gasteiger partial charge in [0.05, 0.1) is 0 Å². The molecule has 0 aliphatic carbocycles. The molecular formula is C19H28N4. The van der Waals surface area contributed by atoms with E-state index < -0.39 is 0 Å². The number of hydrogen-bond donors (Lipinski definition) is 2. The Hall–Kier alpha value is -2.10. The minimum absolute atomic E-state index is 0.165. The van der Waals surface area contributed by atoms with E-state index >= 15 is 0 Å². The number of aromatic nitrogens is 2. The van der Waals surface area contributed by atoms with Crippen LogP contribution in [0.15, 0.2) is 30.3 Å². The molecule has 0 fully saturated rings. The number of aryl methyl sites for hydroxylation is 1. The first-order chi connectivity index (χ1) is 10.7. The molecule has 1 aromatic carbocycles. The molecule has 124 valence electrons. The highest BCUT2D eigenvalue weighted by molar-refractivity contribution is 5.59. The molecule has 2 rings (SSSR count). The maximum atomic E-state index is 4.47. The Bertz CT molecular complexity index is 639. The molecule has 0 saturated carbocycles. The first kappa shape index (κ1) is 17.3. The normalized spacial score (nSPS) is 11.6. The summed E-state index contributed by atoms with van der Waals surface area (Å²) in [5.74, 6) is 3.01. The minimum Gasteiger partial charge on any atom is -0.370 e. The maximum Gasteiger partial charge on any atom is 0.136 e. The Morgan fingerprint density at radius 2 is 1.61 bits per heavy atom. The smallest absolute Gasteiger partial charge is 0.136 e. The monoisotopic (exact) mass is 312 g/mol. The SMILES string of the molecule is Cc1nc(NCC(C)C)cc(Nc2ccc(C(C)(C)C)cc2)n1. The Morgan fingerprint density at radius 3 is 2.17 bits per heavy atom. The van der Waals surface area contributed by atoms with Gasteiger partial charge in [-0.1, -0.05) is 46.8 Å². The van der Waals surface area contributed by atoms with Crippen LogP contribution in [0.2, 0.25) is 0 Å². The van der Waals surface area contributed by atoms with Crippen LogP contribution in [0.25, 0.3) is 0 Å². The van der Waals surface area contributed by atoms with Crippen molar-refractivity contribution in [3.63, 3.8) is 0 Å². The maximum absolute atomic E-state index is 4.47. The van der Waals surface area contributed by atoms with E-state index in [2.05, 4.69) is 79.5 Å². The van der Waals surface area contributed by atoms with E-state index in [4.69, 9.17) is 0 Å². The van der Waals surface area contributed by atoms with Crippen molar-refractivity contribution >= 4 is 17.3 Å². The van der Waals surface area contributed by atoms with Crippen molar-refractivity contribution < 1.29 is 0 Å². The molecule has 0 aliphatic heterocycles. The van der Waals surface area contributed by atoms with Gasteiger partial charge in [0, 0.05) is 18.3 Å². The number of hydrogen-bond acceptors (Lipinski definition) is 4. The molecule has 23 heavy (non-hydrogen) atoms. The predicted molar refractivity (Wildman–Crippen MR) is 98.5 cm³/mol. The lowest BCUT2D eigenvalue weighted by atomic mass is 9.87. The van der Waals surface area contributed by atoms with Crippen LogP contribution >= 0.6 is 0 Å². The highest BCUT2D eigenvalue weighted by Gasteiger charge is 2.13. The van der Waals surface area contributed by atoms with Gasteiger partial charge in [-0.05, 0) is 36.0 Å². The standard InChI is InChI=1S/C19H28N4/c1-13(2)12-20-17-11-18(22-14(3)21-17)23-16-9-7-15(8-10-16)19(4,5)6/h7-11,13H,12H2,1-6H3,(H2,20,21,22,23). The van der Waals surface area contributed by atoms with Gasteiger partial charge in [0.1, 0.15) is 17.5 Å². The Labute approximate surface area is 139 Å². The van der Waals surface area contributed by atoms with Gasteiger partial charge in [-0.15, -0.1) is 0 Å². The lowest BCUT2D eigenvalue weighted by Gasteiger charge is -2.19. The van der Waals surface area contributed by atoms with Gasteiger partial charge in [0.25, 0.3) is 0 Å². The summed E-state index contributed by atoms with van der Waals surface area (Å²) in [5.41, 5.74) is 2.52. The summed E-state index contributed by atoms with van der Waals surface area (Å²) in [4.78, 5) is 8.90. The second kappa shape index (κ2) is 6.99. The number of nitrogens with one attached hydrogen (secondary N) is 2. The molecule has 0 unspecified atom stereocenters. The molecular weight excluding hydrogens is 284 g/mol. The zero-order chi connectivity index (χ0) is 17.0. The number of benzene rings is 1. The molecule has 0 radical (unpaired) electrons. The van der Waals surface area contributed by atoms with Gasteiger partial charge in [-0.2, -0.15) is 0 Å². The Balaban J connectivity index is 2.13. The minimum atomic E-state index is 0.165. The Kier molecular flexibility index (Phi) is 5.24. The number of rotatable bonds is 5. The zero-order valence-corrected chi connectivity index (χ0v) is 15.1. The van der Waals surface area contributed by atoms with Gasteiger partial charge in [0.15, 0.2) is 0 Å². The first-order valence-corrected chi connectivity index (χ1v) is 8.21. The van der Waals surface area contributed by atoms with E-state index in [0.717, 1.165) is 29.7 Å². The van der Waals surface area contributed by atoms with Crippen LogP contribution in [-0.2, 0) is 5.41 Å². The highest BCUT2D eigenvalue weighted by Crippen LogP contribution is 2.25. The molecule has 4 nitrogen and oxygen atoms in total. The summed E-state index contributed by atoms with van der Waals surface area (Å²) < 4.78 is 0. The molecule has 1 heterocycles. The Morgan fingerprint density at radius 1 is 1.00 bits per heavy atom. The summed E-state index contributed by atoms with van der Waals surface area (Å²) in [6, 6.07) is 10.5. The van der Waals surface area contributed by atoms with Crippen molar-refractivity contribution in [2.45, 2.75) is 47.0 Å². The second-order valence-corrected chi connectivity index (χ2v) is 7.41. The van der Waals surface area contributed by atoms with E-state index in [1.54, 1.807) is 0 Å². The van der Waals surface area contributed by atoms with Crippen LogP contribution in [0, 0.1) is 12.8 Å².